The summed E-state index contributed by atoms with van der Waals surface area (Å²) in [6.45, 7) is 0. The Bertz CT molecular complexity index is 20.0. The van der Waals surface area contributed by atoms with Gasteiger partial charge >= 0.3 is 0 Å². The van der Waals surface area contributed by atoms with Gasteiger partial charge in [-0.05, 0) is 0 Å². The molecule has 0 aromatic carbocycles. The van der Waals surface area contributed by atoms with Crippen LogP contribution in [0, 0.1) is 5.41 Å². The molecule has 4 heavy (non-hydrogen) atoms. The minimum atomic E-state index is 0.556. The van der Waals surface area contributed by atoms with Crippen molar-refractivity contribution in [3.8, 4) is 0 Å². The van der Waals surface area contributed by atoms with Crippen LogP contribution < -0.4 is 0 Å². The van der Waals surface area contributed by atoms with E-state index in [4.69, 9.17) is 5.41 Å². The predicted octanol–water partition coefficient (Wildman–Crippen LogP) is 0.566. The van der Waals surface area contributed by atoms with E-state index < -0.39 is 0 Å². The molecule has 1 nitrogen and oxygen atoms in total. The van der Waals surface area contributed by atoms with Crippen LogP contribution in [-0.4, -0.2) is 12.0 Å². The van der Waals surface area contributed by atoms with Crippen molar-refractivity contribution in [3.05, 3.63) is 0 Å². The highest BCUT2D eigenvalue weighted by Crippen LogP contribution is 1.56. The van der Waals surface area contributed by atoms with Crippen molar-refractivity contribution < 1.29 is 0 Å². The SMILES string of the molecule is N=CCS. The maximum absolute atomic E-state index is 6.25. The predicted molar refractivity (Wildman–Crippen MR) is 22.6 cm³/mol. The molecule has 0 bridgehead atoms. The van der Waals surface area contributed by atoms with E-state index in [0.717, 1.165) is 0 Å². The third-order valence-corrected chi connectivity index (χ3v) is 0.274. The average molecular weight is 75.1 g/mol. The van der Waals surface area contributed by atoms with E-state index in [2.05, 4.69) is 12.6 Å². The molecule has 0 aromatic heterocycles. The van der Waals surface area contributed by atoms with Gasteiger partial charge < -0.3 is 5.41 Å². The van der Waals surface area contributed by atoms with Gasteiger partial charge in [-0.25, -0.2) is 0 Å². The van der Waals surface area contributed by atoms with Crippen LogP contribution in [-0.2, 0) is 0 Å². The normalized spacial score (nSPS) is 6.25. The fourth-order valence-electron chi connectivity index (χ4n) is 0. The standard InChI is InChI=1S/C2H5NS/c3-1-2-4/h1,3-4H,2H2. The first-order valence-electron chi connectivity index (χ1n) is 1.01. The summed E-state index contributed by atoms with van der Waals surface area (Å²) in [5.41, 5.74) is 0. The van der Waals surface area contributed by atoms with Gasteiger partial charge in [0.05, 0.1) is 0 Å². The van der Waals surface area contributed by atoms with Crippen LogP contribution in [0.3, 0.4) is 0 Å². The lowest BCUT2D eigenvalue weighted by atomic mass is 10.9. The molecule has 24 valence electrons. The first-order chi connectivity index (χ1) is 1.91. The van der Waals surface area contributed by atoms with Gasteiger partial charge in [-0.15, -0.1) is 0 Å². The lowest BCUT2D eigenvalue weighted by Gasteiger charge is -1.56. The van der Waals surface area contributed by atoms with Crippen LogP contribution in [0.1, 0.15) is 0 Å². The minimum Gasteiger partial charge on any atom is -0.312 e. The van der Waals surface area contributed by atoms with Crippen LogP contribution in [0.15, 0.2) is 0 Å². The highest BCUT2D eigenvalue weighted by molar-refractivity contribution is 7.80. The maximum Gasteiger partial charge on any atom is 0.0251 e. The Hall–Kier alpha value is 0.0200. The number of rotatable bonds is 1. The Kier molecular flexibility index (Phi) is 3.04. The first-order valence-corrected chi connectivity index (χ1v) is 1.65. The Morgan fingerprint density at radius 2 is 2.25 bits per heavy atom. The molecule has 0 spiro atoms. The molecule has 0 radical (unpaired) electrons. The van der Waals surface area contributed by atoms with Crippen molar-refractivity contribution in [2.75, 3.05) is 5.75 Å². The molecule has 2 heteroatoms. The van der Waals surface area contributed by atoms with E-state index >= 15 is 0 Å². The topological polar surface area (TPSA) is 23.9 Å². The zero-order valence-electron chi connectivity index (χ0n) is 2.23. The Morgan fingerprint density at radius 3 is 2.25 bits per heavy atom. The van der Waals surface area contributed by atoms with E-state index in [1.807, 2.05) is 0 Å². The highest BCUT2D eigenvalue weighted by atomic mass is 32.1. The van der Waals surface area contributed by atoms with Gasteiger partial charge in [-0.1, -0.05) is 0 Å². The molecule has 0 aliphatic heterocycles. The van der Waals surface area contributed by atoms with Crippen molar-refractivity contribution in [3.63, 3.8) is 0 Å². The molecular weight excluding hydrogens is 70.1 g/mol. The zero-order chi connectivity index (χ0) is 3.41. The number of nitrogens with one attached hydrogen (secondary N) is 1. The fraction of sp³-hybridized carbons (Fsp3) is 0.500. The minimum absolute atomic E-state index is 0.556. The third kappa shape index (κ3) is 2.02. The van der Waals surface area contributed by atoms with Gasteiger partial charge in [0.25, 0.3) is 0 Å². The van der Waals surface area contributed by atoms with Crippen LogP contribution in [0.2, 0.25) is 0 Å². The maximum atomic E-state index is 6.25. The Balaban J connectivity index is 2.30. The summed E-state index contributed by atoms with van der Waals surface area (Å²) < 4.78 is 0. The largest absolute Gasteiger partial charge is 0.312 e. The molecule has 0 aliphatic carbocycles. The fourth-order valence-corrected chi connectivity index (χ4v) is 0. The summed E-state index contributed by atoms with van der Waals surface area (Å²) >= 11 is 3.68. The van der Waals surface area contributed by atoms with Gasteiger partial charge in [0.1, 0.15) is 0 Å². The van der Waals surface area contributed by atoms with Crippen molar-refractivity contribution in [2.24, 2.45) is 0 Å². The molecule has 1 N–H and O–H groups in total. The number of hydrogen-bond acceptors (Lipinski definition) is 2. The summed E-state index contributed by atoms with van der Waals surface area (Å²) in [5.74, 6) is 0.556. The first kappa shape index (κ1) is 4.02. The van der Waals surface area contributed by atoms with Gasteiger partial charge in [-0.3, -0.25) is 0 Å². The molecule has 0 saturated carbocycles. The van der Waals surface area contributed by atoms with Crippen molar-refractivity contribution in [2.45, 2.75) is 0 Å². The van der Waals surface area contributed by atoms with Gasteiger partial charge in [0.15, 0.2) is 0 Å². The molecular formula is C2H5NS. The zero-order valence-corrected chi connectivity index (χ0v) is 3.13. The van der Waals surface area contributed by atoms with Crippen LogP contribution in [0.4, 0.5) is 0 Å². The van der Waals surface area contributed by atoms with Crippen molar-refractivity contribution >= 4 is 18.8 Å². The van der Waals surface area contributed by atoms with Crippen LogP contribution in [0.25, 0.3) is 0 Å². The molecule has 0 amide bonds. The molecule has 0 saturated heterocycles. The summed E-state index contributed by atoms with van der Waals surface area (Å²) in [7, 11) is 0. The van der Waals surface area contributed by atoms with Crippen LogP contribution >= 0.6 is 12.6 Å². The quantitative estimate of drug-likeness (QED) is 0.336. The van der Waals surface area contributed by atoms with Crippen molar-refractivity contribution in [1.82, 2.24) is 0 Å². The lowest BCUT2D eigenvalue weighted by Crippen LogP contribution is -1.61. The summed E-state index contributed by atoms with van der Waals surface area (Å²) in [6, 6.07) is 0. The van der Waals surface area contributed by atoms with Gasteiger partial charge in [-0.2, -0.15) is 12.6 Å². The monoisotopic (exact) mass is 75.0 g/mol. The summed E-state index contributed by atoms with van der Waals surface area (Å²) in [4.78, 5) is 0. The smallest absolute Gasteiger partial charge is 0.0251 e. The average Bonchev–Trinajstić information content (AvgIpc) is 1.37. The summed E-state index contributed by atoms with van der Waals surface area (Å²) in [5, 5.41) is 6.25. The van der Waals surface area contributed by atoms with Gasteiger partial charge in [0, 0.05) is 12.0 Å². The second-order valence-corrected chi connectivity index (χ2v) is 0.752. The van der Waals surface area contributed by atoms with Crippen molar-refractivity contribution in [1.29, 1.82) is 5.41 Å². The van der Waals surface area contributed by atoms with Crippen LogP contribution in [0.5, 0.6) is 0 Å². The van der Waals surface area contributed by atoms with Gasteiger partial charge in [0.2, 0.25) is 0 Å². The lowest BCUT2D eigenvalue weighted by molar-refractivity contribution is 1.56. The Morgan fingerprint density at radius 1 is 2.00 bits per heavy atom. The Labute approximate surface area is 30.9 Å². The number of thiol groups is 1. The molecule has 0 aromatic rings. The third-order valence-electron chi connectivity index (χ3n) is 0.0913. The summed E-state index contributed by atoms with van der Waals surface area (Å²) in [6.07, 6.45) is 1.24. The molecule has 0 fully saturated rings. The second-order valence-electron chi connectivity index (χ2n) is 0.387. The molecule has 0 atom stereocenters. The molecule has 0 aliphatic rings. The highest BCUT2D eigenvalue weighted by Gasteiger charge is 1.47. The van der Waals surface area contributed by atoms with E-state index in [-0.39, 0.29) is 0 Å². The van der Waals surface area contributed by atoms with E-state index in [0.29, 0.717) is 5.75 Å². The number of hydrogen-bond donors (Lipinski definition) is 2. The van der Waals surface area contributed by atoms with E-state index in [9.17, 15) is 0 Å². The molecule has 0 unspecified atom stereocenters. The van der Waals surface area contributed by atoms with E-state index in [1.54, 1.807) is 0 Å². The second kappa shape index (κ2) is 3.02. The van der Waals surface area contributed by atoms with E-state index in [1.165, 1.54) is 6.21 Å². The molecule has 0 heterocycles. The molecule has 0 rings (SSSR count).